The fourth-order valence-corrected chi connectivity index (χ4v) is 2.70. The molecule has 0 aliphatic carbocycles. The molecule has 1 aromatic carbocycles. The number of rotatable bonds is 3. The Balaban J connectivity index is 1.92. The van der Waals surface area contributed by atoms with Crippen LogP contribution in [-0.4, -0.2) is 30.6 Å². The van der Waals surface area contributed by atoms with Gasteiger partial charge in [-0.1, -0.05) is 12.0 Å². The second-order valence-corrected chi connectivity index (χ2v) is 5.74. The molecule has 0 radical (unpaired) electrons. The molecule has 0 aromatic heterocycles. The zero-order valence-electron chi connectivity index (χ0n) is 10.7. The van der Waals surface area contributed by atoms with E-state index in [0.29, 0.717) is 6.04 Å². The minimum atomic E-state index is 0.553. The van der Waals surface area contributed by atoms with Crippen molar-refractivity contribution in [3.05, 3.63) is 28.2 Å². The van der Waals surface area contributed by atoms with Crippen LogP contribution in [0.3, 0.4) is 0 Å². The van der Waals surface area contributed by atoms with Crippen LogP contribution in [0.5, 0.6) is 0 Å². The lowest BCUT2D eigenvalue weighted by molar-refractivity contribution is 0.243. The zero-order chi connectivity index (χ0) is 13.0. The van der Waals surface area contributed by atoms with Gasteiger partial charge in [0.05, 0.1) is 6.54 Å². The molecule has 1 N–H and O–H groups in total. The Kier molecular flexibility index (Phi) is 4.68. The largest absolute Gasteiger partial charge is 0.381 e. The average Bonchev–Trinajstić information content (AvgIpc) is 2.37. The van der Waals surface area contributed by atoms with Gasteiger partial charge in [0.25, 0.3) is 0 Å². The summed E-state index contributed by atoms with van der Waals surface area (Å²) in [4.78, 5) is 2.34. The van der Waals surface area contributed by atoms with Crippen molar-refractivity contribution in [3.63, 3.8) is 0 Å². The van der Waals surface area contributed by atoms with Crippen molar-refractivity contribution < 1.29 is 0 Å². The van der Waals surface area contributed by atoms with Crippen LogP contribution in [0.15, 0.2) is 22.7 Å². The third-order valence-corrected chi connectivity index (χ3v) is 4.08. The van der Waals surface area contributed by atoms with Gasteiger partial charge in [-0.15, -0.1) is 6.42 Å². The Morgan fingerprint density at radius 2 is 2.17 bits per heavy atom. The van der Waals surface area contributed by atoms with E-state index in [9.17, 15) is 0 Å². The summed E-state index contributed by atoms with van der Waals surface area (Å²) >= 11 is 3.59. The minimum Gasteiger partial charge on any atom is -0.381 e. The number of benzene rings is 1. The molecule has 2 rings (SSSR count). The topological polar surface area (TPSA) is 15.3 Å². The lowest BCUT2D eigenvalue weighted by Crippen LogP contribution is -2.39. The summed E-state index contributed by atoms with van der Waals surface area (Å²) in [5.74, 6) is 2.72. The van der Waals surface area contributed by atoms with E-state index in [1.54, 1.807) is 0 Å². The monoisotopic (exact) mass is 306 g/mol. The first-order valence-corrected chi connectivity index (χ1v) is 7.17. The number of hydrogen-bond donors (Lipinski definition) is 1. The molecule has 18 heavy (non-hydrogen) atoms. The molecule has 0 atom stereocenters. The summed E-state index contributed by atoms with van der Waals surface area (Å²) in [5.41, 5.74) is 2.48. The first-order valence-electron chi connectivity index (χ1n) is 6.37. The predicted molar refractivity (Wildman–Crippen MR) is 80.8 cm³/mol. The Bertz CT molecular complexity index is 442. The Morgan fingerprint density at radius 1 is 1.44 bits per heavy atom. The molecule has 0 unspecified atom stereocenters. The lowest BCUT2D eigenvalue weighted by atomic mass is 10.0. The van der Waals surface area contributed by atoms with Gasteiger partial charge in [0.2, 0.25) is 0 Å². The molecule has 1 heterocycles. The second-order valence-electron chi connectivity index (χ2n) is 4.88. The summed E-state index contributed by atoms with van der Waals surface area (Å²) < 4.78 is 1.14. The smallest absolute Gasteiger partial charge is 0.0598 e. The van der Waals surface area contributed by atoms with Gasteiger partial charge in [-0.05, 0) is 53.4 Å². The third-order valence-electron chi connectivity index (χ3n) is 3.38. The first kappa shape index (κ1) is 13.5. The van der Waals surface area contributed by atoms with E-state index in [0.717, 1.165) is 36.9 Å². The van der Waals surface area contributed by atoms with E-state index in [4.69, 9.17) is 6.42 Å². The molecule has 96 valence electrons. The van der Waals surface area contributed by atoms with Crippen LogP contribution in [0.2, 0.25) is 0 Å². The van der Waals surface area contributed by atoms with E-state index in [2.05, 4.69) is 57.2 Å². The Hall–Kier alpha value is -0.980. The van der Waals surface area contributed by atoms with Crippen LogP contribution in [0, 0.1) is 19.3 Å². The molecule has 1 fully saturated rings. The maximum atomic E-state index is 5.34. The number of piperidine rings is 1. The second kappa shape index (κ2) is 6.26. The van der Waals surface area contributed by atoms with E-state index < -0.39 is 0 Å². The fourth-order valence-electron chi connectivity index (χ4n) is 2.33. The summed E-state index contributed by atoms with van der Waals surface area (Å²) in [6.45, 7) is 5.07. The van der Waals surface area contributed by atoms with Crippen molar-refractivity contribution in [1.82, 2.24) is 4.90 Å². The Labute approximate surface area is 118 Å². The number of aryl methyl sites for hydroxylation is 1. The highest BCUT2D eigenvalue weighted by Crippen LogP contribution is 2.26. The molecule has 0 spiro atoms. The van der Waals surface area contributed by atoms with Crippen molar-refractivity contribution in [2.45, 2.75) is 25.8 Å². The van der Waals surface area contributed by atoms with Crippen LogP contribution in [0.4, 0.5) is 5.69 Å². The molecule has 0 amide bonds. The standard InChI is InChI=1S/C15H19BrN2/c1-3-8-18-9-6-13(7-10-18)17-15-11-12(2)4-5-14(15)16/h1,4-5,11,13,17H,6-10H2,2H3. The van der Waals surface area contributed by atoms with Crippen molar-refractivity contribution in [1.29, 1.82) is 0 Å². The van der Waals surface area contributed by atoms with Crippen molar-refractivity contribution in [3.8, 4) is 12.3 Å². The quantitative estimate of drug-likeness (QED) is 0.862. The molecular formula is C15H19BrN2. The van der Waals surface area contributed by atoms with Gasteiger partial charge in [-0.3, -0.25) is 4.90 Å². The normalized spacial score (nSPS) is 17.4. The van der Waals surface area contributed by atoms with Gasteiger partial charge in [0.1, 0.15) is 0 Å². The summed E-state index contributed by atoms with van der Waals surface area (Å²) in [5, 5.41) is 3.63. The number of likely N-dealkylation sites (tertiary alicyclic amines) is 1. The fraction of sp³-hybridized carbons (Fsp3) is 0.467. The van der Waals surface area contributed by atoms with E-state index in [1.165, 1.54) is 11.3 Å². The molecule has 1 aliphatic rings. The number of terminal acetylenes is 1. The first-order chi connectivity index (χ1) is 8.69. The van der Waals surface area contributed by atoms with Gasteiger partial charge in [0.15, 0.2) is 0 Å². The number of nitrogens with zero attached hydrogens (tertiary/aromatic N) is 1. The van der Waals surface area contributed by atoms with Gasteiger partial charge in [-0.2, -0.15) is 0 Å². The van der Waals surface area contributed by atoms with E-state index in [-0.39, 0.29) is 0 Å². The summed E-state index contributed by atoms with van der Waals surface area (Å²) in [6.07, 6.45) is 7.65. The SMILES string of the molecule is C#CCN1CCC(Nc2cc(C)ccc2Br)CC1. The maximum Gasteiger partial charge on any atom is 0.0598 e. The van der Waals surface area contributed by atoms with Crippen LogP contribution in [0.1, 0.15) is 18.4 Å². The maximum absolute atomic E-state index is 5.34. The van der Waals surface area contributed by atoms with Crippen LogP contribution in [0.25, 0.3) is 0 Å². The molecule has 1 aliphatic heterocycles. The molecule has 1 aromatic rings. The minimum absolute atomic E-state index is 0.553. The average molecular weight is 307 g/mol. The third kappa shape index (κ3) is 3.51. The number of anilines is 1. The zero-order valence-corrected chi connectivity index (χ0v) is 12.3. The number of hydrogen-bond acceptors (Lipinski definition) is 2. The predicted octanol–water partition coefficient (Wildman–Crippen LogP) is 3.27. The molecule has 3 heteroatoms. The molecule has 2 nitrogen and oxygen atoms in total. The highest BCUT2D eigenvalue weighted by atomic mass is 79.9. The highest BCUT2D eigenvalue weighted by molar-refractivity contribution is 9.10. The van der Waals surface area contributed by atoms with E-state index in [1.807, 2.05) is 0 Å². The van der Waals surface area contributed by atoms with Crippen molar-refractivity contribution in [2.24, 2.45) is 0 Å². The molecule has 1 saturated heterocycles. The van der Waals surface area contributed by atoms with Crippen molar-refractivity contribution in [2.75, 3.05) is 25.0 Å². The molecule has 0 saturated carbocycles. The van der Waals surface area contributed by atoms with Crippen LogP contribution in [-0.2, 0) is 0 Å². The van der Waals surface area contributed by atoms with Gasteiger partial charge in [0, 0.05) is 29.3 Å². The summed E-state index contributed by atoms with van der Waals surface area (Å²) in [7, 11) is 0. The highest BCUT2D eigenvalue weighted by Gasteiger charge is 2.18. The summed E-state index contributed by atoms with van der Waals surface area (Å²) in [6, 6.07) is 6.96. The van der Waals surface area contributed by atoms with Gasteiger partial charge in [-0.25, -0.2) is 0 Å². The van der Waals surface area contributed by atoms with Crippen LogP contribution < -0.4 is 5.32 Å². The Morgan fingerprint density at radius 3 is 2.83 bits per heavy atom. The van der Waals surface area contributed by atoms with Gasteiger partial charge >= 0.3 is 0 Å². The van der Waals surface area contributed by atoms with Gasteiger partial charge < -0.3 is 5.32 Å². The lowest BCUT2D eigenvalue weighted by Gasteiger charge is -2.31. The van der Waals surface area contributed by atoms with Crippen molar-refractivity contribution >= 4 is 21.6 Å². The van der Waals surface area contributed by atoms with E-state index >= 15 is 0 Å². The van der Waals surface area contributed by atoms with Crippen LogP contribution >= 0.6 is 15.9 Å². The molecular weight excluding hydrogens is 288 g/mol. The number of nitrogens with one attached hydrogen (secondary N) is 1. The number of halogens is 1. The molecule has 0 bridgehead atoms.